The average molecular weight is 267 g/mol. The van der Waals surface area contributed by atoms with Crippen molar-refractivity contribution in [2.24, 2.45) is 0 Å². The molecule has 0 bridgehead atoms. The summed E-state index contributed by atoms with van der Waals surface area (Å²) in [5.74, 6) is 0.933. The molecule has 4 rings (SSSR count). The second kappa shape index (κ2) is 4.31. The van der Waals surface area contributed by atoms with Crippen LogP contribution < -0.4 is 5.32 Å². The Kier molecular flexibility index (Phi) is 2.48. The summed E-state index contributed by atoms with van der Waals surface area (Å²) in [5, 5.41) is 6.86. The third-order valence-corrected chi connectivity index (χ3v) is 4.32. The van der Waals surface area contributed by atoms with Gasteiger partial charge in [0.2, 0.25) is 0 Å². The number of fused-ring (bicyclic) bond motifs is 1. The van der Waals surface area contributed by atoms with Gasteiger partial charge >= 0.3 is 0 Å². The lowest BCUT2D eigenvalue weighted by molar-refractivity contribution is 1.08. The number of aromatic nitrogens is 2. The number of thiophene rings is 1. The molecule has 0 radical (unpaired) electrons. The van der Waals surface area contributed by atoms with E-state index in [-0.39, 0.29) is 0 Å². The highest BCUT2D eigenvalue weighted by Gasteiger charge is 2.21. The normalized spacial score (nSPS) is 14.7. The molecule has 2 heterocycles. The van der Waals surface area contributed by atoms with Gasteiger partial charge in [-0.15, -0.1) is 11.3 Å². The van der Waals surface area contributed by atoms with Crippen LogP contribution in [0.1, 0.15) is 12.8 Å². The van der Waals surface area contributed by atoms with E-state index in [1.807, 2.05) is 6.07 Å². The van der Waals surface area contributed by atoms with E-state index in [1.54, 1.807) is 17.7 Å². The molecule has 1 saturated carbocycles. The molecule has 94 valence electrons. The highest BCUT2D eigenvalue weighted by atomic mass is 32.1. The SMILES string of the molecule is c1ccc2c(-c3cc(NC4CC4)ncn3)csc2c1. The van der Waals surface area contributed by atoms with Gasteiger partial charge in [-0.05, 0) is 18.9 Å². The summed E-state index contributed by atoms with van der Waals surface area (Å²) in [4.78, 5) is 8.71. The van der Waals surface area contributed by atoms with Crippen molar-refractivity contribution in [3.8, 4) is 11.3 Å². The largest absolute Gasteiger partial charge is 0.367 e. The maximum atomic E-state index is 4.42. The second-order valence-electron chi connectivity index (χ2n) is 4.85. The molecule has 0 amide bonds. The molecular weight excluding hydrogens is 254 g/mol. The summed E-state index contributed by atoms with van der Waals surface area (Å²) < 4.78 is 1.30. The van der Waals surface area contributed by atoms with Gasteiger partial charge in [0.25, 0.3) is 0 Å². The molecule has 1 N–H and O–H groups in total. The van der Waals surface area contributed by atoms with Crippen LogP contribution in [0.4, 0.5) is 5.82 Å². The number of hydrogen-bond acceptors (Lipinski definition) is 4. The van der Waals surface area contributed by atoms with Gasteiger partial charge in [-0.25, -0.2) is 9.97 Å². The fraction of sp³-hybridized carbons (Fsp3) is 0.200. The smallest absolute Gasteiger partial charge is 0.130 e. The third-order valence-electron chi connectivity index (χ3n) is 3.35. The van der Waals surface area contributed by atoms with Crippen molar-refractivity contribution in [2.45, 2.75) is 18.9 Å². The molecule has 1 aliphatic rings. The molecule has 3 nitrogen and oxygen atoms in total. The van der Waals surface area contributed by atoms with E-state index in [0.29, 0.717) is 6.04 Å². The van der Waals surface area contributed by atoms with Crippen LogP contribution in [0.15, 0.2) is 42.0 Å². The first-order valence-corrected chi connectivity index (χ1v) is 7.33. The summed E-state index contributed by atoms with van der Waals surface area (Å²) in [5.41, 5.74) is 2.19. The van der Waals surface area contributed by atoms with E-state index in [2.05, 4.69) is 44.9 Å². The van der Waals surface area contributed by atoms with Crippen LogP contribution in [0.3, 0.4) is 0 Å². The zero-order valence-corrected chi connectivity index (χ0v) is 11.2. The first-order chi connectivity index (χ1) is 9.40. The van der Waals surface area contributed by atoms with Crippen molar-refractivity contribution in [1.82, 2.24) is 9.97 Å². The lowest BCUT2D eigenvalue weighted by Crippen LogP contribution is -2.03. The second-order valence-corrected chi connectivity index (χ2v) is 5.76. The minimum Gasteiger partial charge on any atom is -0.367 e. The van der Waals surface area contributed by atoms with E-state index in [1.165, 1.54) is 28.5 Å². The fourth-order valence-electron chi connectivity index (χ4n) is 2.20. The van der Waals surface area contributed by atoms with E-state index < -0.39 is 0 Å². The minimum absolute atomic E-state index is 0.613. The zero-order chi connectivity index (χ0) is 12.7. The Hall–Kier alpha value is -1.94. The first kappa shape index (κ1) is 10.9. The molecule has 2 aromatic heterocycles. The highest BCUT2D eigenvalue weighted by molar-refractivity contribution is 7.17. The Bertz CT molecular complexity index is 731. The van der Waals surface area contributed by atoms with Crippen LogP contribution in [0.25, 0.3) is 21.3 Å². The van der Waals surface area contributed by atoms with Gasteiger partial charge < -0.3 is 5.32 Å². The van der Waals surface area contributed by atoms with E-state index in [9.17, 15) is 0 Å². The minimum atomic E-state index is 0.613. The molecular formula is C15H13N3S. The molecule has 0 unspecified atom stereocenters. The summed E-state index contributed by atoms with van der Waals surface area (Å²) in [6.45, 7) is 0. The van der Waals surface area contributed by atoms with Crippen LogP contribution in [0.2, 0.25) is 0 Å². The number of nitrogens with one attached hydrogen (secondary N) is 1. The molecule has 0 atom stereocenters. The number of hydrogen-bond donors (Lipinski definition) is 1. The molecule has 19 heavy (non-hydrogen) atoms. The average Bonchev–Trinajstić information content (AvgIpc) is 3.16. The molecule has 0 aliphatic heterocycles. The van der Waals surface area contributed by atoms with Crippen LogP contribution in [0, 0.1) is 0 Å². The van der Waals surface area contributed by atoms with Crippen LogP contribution in [0.5, 0.6) is 0 Å². The Balaban J connectivity index is 1.78. The molecule has 0 spiro atoms. The van der Waals surface area contributed by atoms with Gasteiger partial charge in [0.05, 0.1) is 5.69 Å². The highest BCUT2D eigenvalue weighted by Crippen LogP contribution is 2.33. The molecule has 4 heteroatoms. The predicted octanol–water partition coefficient (Wildman–Crippen LogP) is 3.93. The summed E-state index contributed by atoms with van der Waals surface area (Å²) in [7, 11) is 0. The van der Waals surface area contributed by atoms with Crippen molar-refractivity contribution in [2.75, 3.05) is 5.32 Å². The standard InChI is InChI=1S/C15H13N3S/c1-2-4-14-11(3-1)12(8-19-14)13-7-15(17-9-16-13)18-10-5-6-10/h1-4,7-10H,5-6H2,(H,16,17,18). The van der Waals surface area contributed by atoms with Gasteiger partial charge in [-0.2, -0.15) is 0 Å². The van der Waals surface area contributed by atoms with Crippen LogP contribution in [-0.4, -0.2) is 16.0 Å². The maximum Gasteiger partial charge on any atom is 0.130 e. The zero-order valence-electron chi connectivity index (χ0n) is 10.3. The lowest BCUT2D eigenvalue weighted by Gasteiger charge is -2.05. The van der Waals surface area contributed by atoms with E-state index in [0.717, 1.165) is 11.5 Å². The summed E-state index contributed by atoms with van der Waals surface area (Å²) in [6.07, 6.45) is 4.15. The van der Waals surface area contributed by atoms with Crippen molar-refractivity contribution in [3.05, 3.63) is 42.0 Å². The number of anilines is 1. The first-order valence-electron chi connectivity index (χ1n) is 6.45. The molecule has 1 fully saturated rings. The van der Waals surface area contributed by atoms with Gasteiger partial charge in [-0.1, -0.05) is 18.2 Å². The van der Waals surface area contributed by atoms with Crippen molar-refractivity contribution >= 4 is 27.2 Å². The quantitative estimate of drug-likeness (QED) is 0.781. The maximum absolute atomic E-state index is 4.42. The number of rotatable bonds is 3. The van der Waals surface area contributed by atoms with Crippen LogP contribution >= 0.6 is 11.3 Å². The topological polar surface area (TPSA) is 37.8 Å². The van der Waals surface area contributed by atoms with Gasteiger partial charge in [0.15, 0.2) is 0 Å². The molecule has 1 aromatic carbocycles. The monoisotopic (exact) mass is 267 g/mol. The Morgan fingerprint density at radius 3 is 2.95 bits per heavy atom. The van der Waals surface area contributed by atoms with Gasteiger partial charge in [0.1, 0.15) is 12.1 Å². The van der Waals surface area contributed by atoms with E-state index >= 15 is 0 Å². The van der Waals surface area contributed by atoms with Crippen molar-refractivity contribution in [1.29, 1.82) is 0 Å². The third kappa shape index (κ3) is 2.08. The van der Waals surface area contributed by atoms with Gasteiger partial charge in [0, 0.05) is 33.1 Å². The van der Waals surface area contributed by atoms with Crippen molar-refractivity contribution < 1.29 is 0 Å². The van der Waals surface area contributed by atoms with Crippen LogP contribution in [-0.2, 0) is 0 Å². The molecule has 3 aromatic rings. The van der Waals surface area contributed by atoms with Crippen molar-refractivity contribution in [3.63, 3.8) is 0 Å². The van der Waals surface area contributed by atoms with E-state index in [4.69, 9.17) is 0 Å². The predicted molar refractivity (Wildman–Crippen MR) is 79.5 cm³/mol. The molecule has 0 saturated heterocycles. The Labute approximate surface area is 115 Å². The summed E-state index contributed by atoms with van der Waals surface area (Å²) in [6, 6.07) is 11.1. The molecule has 1 aliphatic carbocycles. The fourth-order valence-corrected chi connectivity index (χ4v) is 3.15. The number of benzene rings is 1. The number of nitrogens with zero attached hydrogens (tertiary/aromatic N) is 2. The Morgan fingerprint density at radius 2 is 2.05 bits per heavy atom. The van der Waals surface area contributed by atoms with Gasteiger partial charge in [-0.3, -0.25) is 0 Å². The lowest BCUT2D eigenvalue weighted by atomic mass is 10.1. The summed E-state index contributed by atoms with van der Waals surface area (Å²) >= 11 is 1.76. The Morgan fingerprint density at radius 1 is 1.16 bits per heavy atom.